The van der Waals surface area contributed by atoms with Crippen LogP contribution in [0, 0.1) is 12.8 Å². The molecule has 1 amide bonds. The molecule has 0 aliphatic carbocycles. The Bertz CT molecular complexity index is 1110. The monoisotopic (exact) mass is 438 g/mol. The summed E-state index contributed by atoms with van der Waals surface area (Å²) in [7, 11) is 0. The van der Waals surface area contributed by atoms with Gasteiger partial charge in [-0.05, 0) is 67.8 Å². The molecule has 0 spiro atoms. The molecule has 0 bridgehead atoms. The fourth-order valence-electron chi connectivity index (χ4n) is 4.24. The van der Waals surface area contributed by atoms with Crippen LogP contribution in [0.1, 0.15) is 31.7 Å². The molecule has 3 aromatic rings. The maximum atomic E-state index is 12.9. The molecule has 1 fully saturated rings. The summed E-state index contributed by atoms with van der Waals surface area (Å²) in [6.45, 7) is 4.96. The fraction of sp³-hybridized carbons (Fsp3) is 0.375. The van der Waals surface area contributed by atoms with Crippen molar-refractivity contribution in [1.82, 2.24) is 9.88 Å². The number of carbonyl (C=O) groups is 2. The van der Waals surface area contributed by atoms with E-state index in [-0.39, 0.29) is 18.2 Å². The maximum Gasteiger partial charge on any atom is 0.303 e. The van der Waals surface area contributed by atoms with Crippen molar-refractivity contribution in [2.75, 3.05) is 13.1 Å². The van der Waals surface area contributed by atoms with E-state index in [1.54, 1.807) is 29.4 Å². The first-order valence-corrected chi connectivity index (χ1v) is 11.4. The van der Waals surface area contributed by atoms with Crippen molar-refractivity contribution in [3.8, 4) is 16.2 Å². The normalized spacial score (nSPS) is 17.5. The highest BCUT2D eigenvalue weighted by atomic mass is 32.1. The maximum absolute atomic E-state index is 12.9. The number of rotatable bonds is 6. The Balaban J connectivity index is 1.49. The molecule has 2 atom stereocenters. The van der Waals surface area contributed by atoms with E-state index in [1.807, 2.05) is 24.3 Å². The summed E-state index contributed by atoms with van der Waals surface area (Å²) in [5.74, 6) is -0.318. The molecular formula is C24H26N2O4S. The molecule has 0 radical (unpaired) electrons. The molecular weight excluding hydrogens is 412 g/mol. The average molecular weight is 439 g/mol. The molecule has 1 saturated heterocycles. The van der Waals surface area contributed by atoms with Gasteiger partial charge in [-0.1, -0.05) is 0 Å². The smallest absolute Gasteiger partial charge is 0.303 e. The molecule has 7 heteroatoms. The second-order valence-corrected chi connectivity index (χ2v) is 9.04. The summed E-state index contributed by atoms with van der Waals surface area (Å²) in [6.07, 6.45) is 2.91. The molecule has 0 saturated carbocycles. The SMILES string of the molecule is Cc1ccsc1-c1ccnc2cc(OC(C)C(=O)N3CCC[C@H](CC(=O)O)C3)ccc12. The van der Waals surface area contributed by atoms with Crippen LogP contribution in [0.5, 0.6) is 5.75 Å². The topological polar surface area (TPSA) is 79.7 Å². The first kappa shape index (κ1) is 21.3. The summed E-state index contributed by atoms with van der Waals surface area (Å²) in [6, 6.07) is 9.88. The zero-order chi connectivity index (χ0) is 22.0. The van der Waals surface area contributed by atoms with Gasteiger partial charge in [0.15, 0.2) is 6.10 Å². The Morgan fingerprint density at radius 1 is 1.32 bits per heavy atom. The number of fused-ring (bicyclic) bond motifs is 1. The Labute approximate surface area is 185 Å². The standard InChI is InChI=1S/C24H26N2O4S/c1-15-8-11-31-23(15)20-7-9-25-21-13-18(5-6-19(20)21)30-16(2)24(29)26-10-3-4-17(14-26)12-22(27)28/h5-9,11,13,16-17H,3-4,10,12,14H2,1-2H3,(H,27,28)/t16?,17-/m1/s1. The molecule has 2 aromatic heterocycles. The first-order valence-electron chi connectivity index (χ1n) is 10.5. The second-order valence-electron chi connectivity index (χ2n) is 8.12. The van der Waals surface area contributed by atoms with Crippen LogP contribution >= 0.6 is 11.3 Å². The van der Waals surface area contributed by atoms with Gasteiger partial charge in [0.25, 0.3) is 5.91 Å². The third kappa shape index (κ3) is 4.71. The lowest BCUT2D eigenvalue weighted by atomic mass is 9.94. The molecule has 1 N–H and O–H groups in total. The van der Waals surface area contributed by atoms with Gasteiger partial charge in [-0.3, -0.25) is 14.6 Å². The third-order valence-electron chi connectivity index (χ3n) is 5.78. The van der Waals surface area contributed by atoms with Crippen molar-refractivity contribution < 1.29 is 19.4 Å². The number of carbonyl (C=O) groups excluding carboxylic acids is 1. The number of likely N-dealkylation sites (tertiary alicyclic amines) is 1. The number of hydrogen-bond donors (Lipinski definition) is 1. The highest BCUT2D eigenvalue weighted by Gasteiger charge is 2.29. The summed E-state index contributed by atoms with van der Waals surface area (Å²) < 4.78 is 5.96. The van der Waals surface area contributed by atoms with Crippen LogP contribution in [-0.2, 0) is 9.59 Å². The van der Waals surface area contributed by atoms with E-state index in [2.05, 4.69) is 23.4 Å². The molecule has 1 aliphatic rings. The van der Waals surface area contributed by atoms with Crippen LogP contribution in [0.4, 0.5) is 0 Å². The van der Waals surface area contributed by atoms with Gasteiger partial charge in [-0.2, -0.15) is 0 Å². The number of thiophene rings is 1. The number of piperidine rings is 1. The van der Waals surface area contributed by atoms with Crippen molar-refractivity contribution in [3.05, 3.63) is 47.5 Å². The lowest BCUT2D eigenvalue weighted by Crippen LogP contribution is -2.46. The van der Waals surface area contributed by atoms with Crippen LogP contribution in [0.15, 0.2) is 41.9 Å². The van der Waals surface area contributed by atoms with Gasteiger partial charge >= 0.3 is 5.97 Å². The van der Waals surface area contributed by atoms with Crippen molar-refractivity contribution in [2.45, 2.75) is 39.2 Å². The van der Waals surface area contributed by atoms with Gasteiger partial charge < -0.3 is 14.7 Å². The Morgan fingerprint density at radius 2 is 2.16 bits per heavy atom. The molecule has 1 aromatic carbocycles. The summed E-state index contributed by atoms with van der Waals surface area (Å²) in [4.78, 5) is 31.4. The molecule has 6 nitrogen and oxygen atoms in total. The number of hydrogen-bond acceptors (Lipinski definition) is 5. The largest absolute Gasteiger partial charge is 0.481 e. The fourth-order valence-corrected chi connectivity index (χ4v) is 5.21. The number of pyridine rings is 1. The minimum atomic E-state index is -0.815. The lowest BCUT2D eigenvalue weighted by Gasteiger charge is -2.33. The minimum Gasteiger partial charge on any atom is -0.481 e. The van der Waals surface area contributed by atoms with E-state index >= 15 is 0 Å². The Morgan fingerprint density at radius 3 is 2.90 bits per heavy atom. The van der Waals surface area contributed by atoms with Crippen LogP contribution < -0.4 is 4.74 Å². The van der Waals surface area contributed by atoms with Crippen molar-refractivity contribution in [2.24, 2.45) is 5.92 Å². The molecule has 1 unspecified atom stereocenters. The Hall–Kier alpha value is -2.93. The number of carboxylic acids is 1. The molecule has 3 heterocycles. The van der Waals surface area contributed by atoms with E-state index < -0.39 is 12.1 Å². The van der Waals surface area contributed by atoms with Gasteiger partial charge in [-0.25, -0.2) is 0 Å². The van der Waals surface area contributed by atoms with E-state index in [4.69, 9.17) is 9.84 Å². The van der Waals surface area contributed by atoms with Crippen molar-refractivity contribution >= 4 is 34.1 Å². The number of aliphatic carboxylic acids is 1. The van der Waals surface area contributed by atoms with Crippen LogP contribution in [0.2, 0.25) is 0 Å². The number of nitrogens with zero attached hydrogens (tertiary/aromatic N) is 2. The predicted octanol–water partition coefficient (Wildman–Crippen LogP) is 4.75. The number of ether oxygens (including phenoxy) is 1. The summed E-state index contributed by atoms with van der Waals surface area (Å²) >= 11 is 1.71. The van der Waals surface area contributed by atoms with Crippen LogP contribution in [0.25, 0.3) is 21.3 Å². The van der Waals surface area contributed by atoms with Crippen LogP contribution in [-0.4, -0.2) is 46.1 Å². The van der Waals surface area contributed by atoms with Gasteiger partial charge in [0.2, 0.25) is 0 Å². The number of carboxylic acid groups (broad SMARTS) is 1. The Kier molecular flexibility index (Phi) is 6.23. The van der Waals surface area contributed by atoms with Crippen molar-refractivity contribution in [3.63, 3.8) is 0 Å². The zero-order valence-electron chi connectivity index (χ0n) is 17.7. The highest BCUT2D eigenvalue weighted by Crippen LogP contribution is 2.35. The lowest BCUT2D eigenvalue weighted by molar-refractivity contribution is -0.143. The number of aryl methyl sites for hydroxylation is 1. The number of aromatic nitrogens is 1. The van der Waals surface area contributed by atoms with E-state index in [0.29, 0.717) is 18.8 Å². The van der Waals surface area contributed by atoms with Gasteiger partial charge in [-0.15, -0.1) is 11.3 Å². The van der Waals surface area contributed by atoms with Crippen LogP contribution in [0.3, 0.4) is 0 Å². The molecule has 162 valence electrons. The zero-order valence-corrected chi connectivity index (χ0v) is 18.5. The third-order valence-corrected chi connectivity index (χ3v) is 6.83. The molecule has 1 aliphatic heterocycles. The molecule has 31 heavy (non-hydrogen) atoms. The van der Waals surface area contributed by atoms with Crippen molar-refractivity contribution in [1.29, 1.82) is 0 Å². The summed E-state index contributed by atoms with van der Waals surface area (Å²) in [5.41, 5.74) is 3.20. The minimum absolute atomic E-state index is 0.00592. The number of amides is 1. The second kappa shape index (κ2) is 9.06. The highest BCUT2D eigenvalue weighted by molar-refractivity contribution is 7.13. The van der Waals surface area contributed by atoms with Gasteiger partial charge in [0.1, 0.15) is 5.75 Å². The first-order chi connectivity index (χ1) is 14.9. The van der Waals surface area contributed by atoms with Gasteiger partial charge in [0, 0.05) is 47.6 Å². The quantitative estimate of drug-likeness (QED) is 0.601. The van der Waals surface area contributed by atoms with E-state index in [0.717, 1.165) is 29.3 Å². The van der Waals surface area contributed by atoms with E-state index in [1.165, 1.54) is 10.4 Å². The number of benzene rings is 1. The van der Waals surface area contributed by atoms with Gasteiger partial charge in [0.05, 0.1) is 5.52 Å². The molecule has 4 rings (SSSR count). The average Bonchev–Trinajstić information content (AvgIpc) is 3.18. The predicted molar refractivity (Wildman–Crippen MR) is 121 cm³/mol. The summed E-state index contributed by atoms with van der Waals surface area (Å²) in [5, 5.41) is 12.2. The van der Waals surface area contributed by atoms with E-state index in [9.17, 15) is 9.59 Å².